The van der Waals surface area contributed by atoms with Crippen molar-refractivity contribution in [2.24, 2.45) is 0 Å². The predicted octanol–water partition coefficient (Wildman–Crippen LogP) is 2.05. The van der Waals surface area contributed by atoms with Crippen molar-refractivity contribution in [3.63, 3.8) is 0 Å². The molecule has 0 aliphatic carbocycles. The average Bonchev–Trinajstić information content (AvgIpc) is 2.42. The van der Waals surface area contributed by atoms with Crippen LogP contribution < -0.4 is 10.1 Å². The summed E-state index contributed by atoms with van der Waals surface area (Å²) in [6, 6.07) is 7.96. The second-order valence-corrected chi connectivity index (χ2v) is 4.95. The summed E-state index contributed by atoms with van der Waals surface area (Å²) in [6.07, 6.45) is -0.272. The van der Waals surface area contributed by atoms with E-state index in [1.54, 1.807) is 14.2 Å². The summed E-state index contributed by atoms with van der Waals surface area (Å²) >= 11 is 0. The first-order valence-corrected chi connectivity index (χ1v) is 6.76. The fraction of sp³-hybridized carbons (Fsp3) is 0.600. The van der Waals surface area contributed by atoms with Gasteiger partial charge in [-0.25, -0.2) is 0 Å². The molecule has 0 heterocycles. The standard InChI is InChI=1S/C15H26N2O3/c1-12(15(18-4)19-5)16-13-6-8-14(9-7-13)20-11-10-17(2)3/h6-9,12,15-16H,10-11H2,1-5H3. The van der Waals surface area contributed by atoms with Gasteiger partial charge < -0.3 is 24.4 Å². The van der Waals surface area contributed by atoms with Crippen LogP contribution >= 0.6 is 0 Å². The van der Waals surface area contributed by atoms with E-state index in [1.807, 2.05) is 45.3 Å². The number of hydrogen-bond acceptors (Lipinski definition) is 5. The lowest BCUT2D eigenvalue weighted by atomic mass is 10.2. The molecule has 0 saturated heterocycles. The van der Waals surface area contributed by atoms with Crippen LogP contribution in [0.25, 0.3) is 0 Å². The molecule has 1 rings (SSSR count). The van der Waals surface area contributed by atoms with E-state index in [0.29, 0.717) is 6.61 Å². The van der Waals surface area contributed by atoms with Crippen LogP contribution in [0.1, 0.15) is 6.92 Å². The van der Waals surface area contributed by atoms with Crippen LogP contribution in [-0.2, 0) is 9.47 Å². The Labute approximate surface area is 121 Å². The second kappa shape index (κ2) is 8.79. The molecule has 1 unspecified atom stereocenters. The third kappa shape index (κ3) is 5.77. The van der Waals surface area contributed by atoms with Crippen LogP contribution in [0.15, 0.2) is 24.3 Å². The molecule has 20 heavy (non-hydrogen) atoms. The number of anilines is 1. The Balaban J connectivity index is 2.45. The Morgan fingerprint density at radius 2 is 1.70 bits per heavy atom. The Bertz CT molecular complexity index is 364. The number of likely N-dealkylation sites (N-methyl/N-ethyl adjacent to an activating group) is 1. The molecule has 0 spiro atoms. The van der Waals surface area contributed by atoms with Gasteiger partial charge in [0.2, 0.25) is 0 Å². The monoisotopic (exact) mass is 282 g/mol. The molecule has 1 N–H and O–H groups in total. The largest absolute Gasteiger partial charge is 0.492 e. The fourth-order valence-corrected chi connectivity index (χ4v) is 1.83. The summed E-state index contributed by atoms with van der Waals surface area (Å²) in [5.74, 6) is 0.875. The van der Waals surface area contributed by atoms with Crippen LogP contribution in [-0.4, -0.2) is 58.7 Å². The lowest BCUT2D eigenvalue weighted by Gasteiger charge is -2.23. The molecule has 0 bridgehead atoms. The van der Waals surface area contributed by atoms with Crippen molar-refractivity contribution in [1.29, 1.82) is 0 Å². The first-order chi connectivity index (χ1) is 9.56. The molecule has 0 aliphatic heterocycles. The molecular weight excluding hydrogens is 256 g/mol. The van der Waals surface area contributed by atoms with E-state index in [2.05, 4.69) is 10.2 Å². The Morgan fingerprint density at radius 3 is 2.20 bits per heavy atom. The van der Waals surface area contributed by atoms with Gasteiger partial charge >= 0.3 is 0 Å². The van der Waals surface area contributed by atoms with Gasteiger partial charge in [0.25, 0.3) is 0 Å². The number of nitrogens with one attached hydrogen (secondary N) is 1. The number of ether oxygens (including phenoxy) is 3. The molecule has 5 nitrogen and oxygen atoms in total. The number of nitrogens with zero attached hydrogens (tertiary/aromatic N) is 1. The lowest BCUT2D eigenvalue weighted by Crippen LogP contribution is -2.33. The van der Waals surface area contributed by atoms with E-state index in [-0.39, 0.29) is 12.3 Å². The van der Waals surface area contributed by atoms with Gasteiger partial charge in [-0.2, -0.15) is 0 Å². The SMILES string of the molecule is COC(OC)C(C)Nc1ccc(OCCN(C)C)cc1. The van der Waals surface area contributed by atoms with Gasteiger partial charge in [-0.1, -0.05) is 0 Å². The zero-order chi connectivity index (χ0) is 15.0. The zero-order valence-corrected chi connectivity index (χ0v) is 13.1. The molecule has 5 heteroatoms. The zero-order valence-electron chi connectivity index (χ0n) is 13.1. The van der Waals surface area contributed by atoms with E-state index >= 15 is 0 Å². The van der Waals surface area contributed by atoms with Crippen LogP contribution in [0.3, 0.4) is 0 Å². The van der Waals surface area contributed by atoms with Crippen molar-refractivity contribution in [3.05, 3.63) is 24.3 Å². The molecule has 0 amide bonds. The van der Waals surface area contributed by atoms with Crippen LogP contribution in [0.2, 0.25) is 0 Å². The molecular formula is C15H26N2O3. The third-order valence-corrected chi connectivity index (χ3v) is 2.93. The Morgan fingerprint density at radius 1 is 1.10 bits per heavy atom. The Hall–Kier alpha value is -1.30. The lowest BCUT2D eigenvalue weighted by molar-refractivity contribution is -0.109. The van der Waals surface area contributed by atoms with Gasteiger partial charge in [-0.3, -0.25) is 0 Å². The molecule has 1 aromatic rings. The van der Waals surface area contributed by atoms with Gasteiger partial charge in [-0.05, 0) is 45.3 Å². The molecule has 1 aromatic carbocycles. The predicted molar refractivity (Wildman–Crippen MR) is 81.4 cm³/mol. The number of benzene rings is 1. The van der Waals surface area contributed by atoms with Gasteiger partial charge in [0.1, 0.15) is 12.4 Å². The number of rotatable bonds is 9. The average molecular weight is 282 g/mol. The topological polar surface area (TPSA) is 43.0 Å². The van der Waals surface area contributed by atoms with E-state index < -0.39 is 0 Å². The smallest absolute Gasteiger partial charge is 0.176 e. The number of methoxy groups -OCH3 is 2. The summed E-state index contributed by atoms with van der Waals surface area (Å²) in [6.45, 7) is 3.60. The highest BCUT2D eigenvalue weighted by Gasteiger charge is 2.15. The highest BCUT2D eigenvalue weighted by Crippen LogP contribution is 2.17. The minimum Gasteiger partial charge on any atom is -0.492 e. The highest BCUT2D eigenvalue weighted by molar-refractivity contribution is 5.47. The minimum atomic E-state index is -0.272. The molecule has 114 valence electrons. The molecule has 1 atom stereocenters. The molecule has 0 aromatic heterocycles. The summed E-state index contributed by atoms with van der Waals surface area (Å²) in [5.41, 5.74) is 1.01. The summed E-state index contributed by atoms with van der Waals surface area (Å²) in [4.78, 5) is 2.09. The summed E-state index contributed by atoms with van der Waals surface area (Å²) in [5, 5.41) is 3.33. The van der Waals surface area contributed by atoms with Crippen molar-refractivity contribution in [3.8, 4) is 5.75 Å². The maximum Gasteiger partial charge on any atom is 0.176 e. The van der Waals surface area contributed by atoms with Crippen molar-refractivity contribution < 1.29 is 14.2 Å². The first-order valence-electron chi connectivity index (χ1n) is 6.76. The molecule has 0 aliphatic rings. The summed E-state index contributed by atoms with van der Waals surface area (Å²) in [7, 11) is 7.32. The van der Waals surface area contributed by atoms with Crippen molar-refractivity contribution >= 4 is 5.69 Å². The normalized spacial score (nSPS) is 12.8. The third-order valence-electron chi connectivity index (χ3n) is 2.93. The van der Waals surface area contributed by atoms with Gasteiger partial charge in [-0.15, -0.1) is 0 Å². The van der Waals surface area contributed by atoms with E-state index in [9.17, 15) is 0 Å². The molecule has 0 radical (unpaired) electrons. The highest BCUT2D eigenvalue weighted by atomic mass is 16.7. The Kier molecular flexibility index (Phi) is 7.36. The van der Waals surface area contributed by atoms with E-state index in [0.717, 1.165) is 18.0 Å². The molecule has 0 fully saturated rings. The maximum absolute atomic E-state index is 5.65. The fourth-order valence-electron chi connectivity index (χ4n) is 1.83. The van der Waals surface area contributed by atoms with E-state index in [4.69, 9.17) is 14.2 Å². The van der Waals surface area contributed by atoms with Crippen LogP contribution in [0.4, 0.5) is 5.69 Å². The minimum absolute atomic E-state index is 0.0607. The van der Waals surface area contributed by atoms with E-state index in [1.165, 1.54) is 0 Å². The maximum atomic E-state index is 5.65. The van der Waals surface area contributed by atoms with Crippen molar-refractivity contribution in [2.45, 2.75) is 19.3 Å². The number of hydrogen-bond donors (Lipinski definition) is 1. The van der Waals surface area contributed by atoms with Gasteiger partial charge in [0.05, 0.1) is 6.04 Å². The first kappa shape index (κ1) is 16.8. The summed E-state index contributed by atoms with van der Waals surface area (Å²) < 4.78 is 16.1. The van der Waals surface area contributed by atoms with Gasteiger partial charge in [0.15, 0.2) is 6.29 Å². The van der Waals surface area contributed by atoms with Crippen LogP contribution in [0, 0.1) is 0 Å². The van der Waals surface area contributed by atoms with Gasteiger partial charge in [0, 0.05) is 26.5 Å². The van der Waals surface area contributed by atoms with Crippen molar-refractivity contribution in [1.82, 2.24) is 4.90 Å². The van der Waals surface area contributed by atoms with Crippen molar-refractivity contribution in [2.75, 3.05) is 46.8 Å². The molecule has 0 saturated carbocycles. The second-order valence-electron chi connectivity index (χ2n) is 4.95. The van der Waals surface area contributed by atoms with Crippen LogP contribution in [0.5, 0.6) is 5.75 Å². The quantitative estimate of drug-likeness (QED) is 0.702.